The first-order chi connectivity index (χ1) is 12.9. The van der Waals surface area contributed by atoms with Crippen molar-refractivity contribution in [3.63, 3.8) is 0 Å². The number of pyridine rings is 1. The Bertz CT molecular complexity index is 1070. The van der Waals surface area contributed by atoms with Gasteiger partial charge in [0.2, 0.25) is 0 Å². The number of hydrogen-bond donors (Lipinski definition) is 1. The highest BCUT2D eigenvalue weighted by molar-refractivity contribution is 7.48. The van der Waals surface area contributed by atoms with Crippen molar-refractivity contribution in [2.75, 3.05) is 21.3 Å². The first-order valence-corrected chi connectivity index (χ1v) is 9.66. The summed E-state index contributed by atoms with van der Waals surface area (Å²) in [5.41, 5.74) is 0.710. The van der Waals surface area contributed by atoms with Crippen LogP contribution in [-0.2, 0) is 13.6 Å². The molecule has 0 radical (unpaired) electrons. The number of rotatable bonds is 6. The highest BCUT2D eigenvalue weighted by Crippen LogP contribution is 2.51. The number of halogens is 1. The summed E-state index contributed by atoms with van der Waals surface area (Å²) in [6.45, 7) is 0. The lowest BCUT2D eigenvalue weighted by Gasteiger charge is -2.19. The van der Waals surface area contributed by atoms with Gasteiger partial charge in [0.15, 0.2) is 5.75 Å². The molecule has 0 saturated carbocycles. The van der Waals surface area contributed by atoms with Crippen molar-refractivity contribution in [2.24, 2.45) is 0 Å². The van der Waals surface area contributed by atoms with Gasteiger partial charge in [-0.1, -0.05) is 41.9 Å². The van der Waals surface area contributed by atoms with Crippen molar-refractivity contribution in [1.29, 1.82) is 0 Å². The van der Waals surface area contributed by atoms with Crippen LogP contribution in [0.4, 0.5) is 0 Å². The second kappa shape index (κ2) is 7.74. The molecule has 3 aromatic rings. The fourth-order valence-electron chi connectivity index (χ4n) is 2.65. The molecule has 0 fully saturated rings. The predicted molar refractivity (Wildman–Crippen MR) is 104 cm³/mol. The quantitative estimate of drug-likeness (QED) is 0.597. The molecule has 2 aromatic carbocycles. The zero-order chi connectivity index (χ0) is 19.6. The Morgan fingerprint density at radius 3 is 2.30 bits per heavy atom. The number of nitrogens with one attached hydrogen (secondary N) is 1. The van der Waals surface area contributed by atoms with Gasteiger partial charge in [0.1, 0.15) is 5.75 Å². The number of hydrogen-bond acceptors (Lipinski definition) is 6. The standard InChI is InChI=1S/C18H17ClNO6P/c1-23-15-10-14-12(9-13(15)19)17(26-27(22,24-2)25-3)16(18(21)20-14)11-7-5-4-6-8-11/h4-10H,1-3H3,(H,20,21). The third-order valence-electron chi connectivity index (χ3n) is 3.95. The summed E-state index contributed by atoms with van der Waals surface area (Å²) < 4.78 is 33.2. The molecule has 0 aliphatic heterocycles. The van der Waals surface area contributed by atoms with Crippen LogP contribution in [-0.4, -0.2) is 26.3 Å². The van der Waals surface area contributed by atoms with Gasteiger partial charge in [0.05, 0.1) is 23.2 Å². The van der Waals surface area contributed by atoms with Crippen molar-refractivity contribution in [3.8, 4) is 22.6 Å². The predicted octanol–water partition coefficient (Wildman–Crippen LogP) is 4.64. The van der Waals surface area contributed by atoms with Crippen LogP contribution < -0.4 is 14.8 Å². The molecule has 1 heterocycles. The Balaban J connectivity index is 2.40. The van der Waals surface area contributed by atoms with Gasteiger partial charge in [-0.15, -0.1) is 0 Å². The van der Waals surface area contributed by atoms with E-state index in [1.807, 2.05) is 6.07 Å². The van der Waals surface area contributed by atoms with Gasteiger partial charge in [0.25, 0.3) is 5.56 Å². The summed E-state index contributed by atoms with van der Waals surface area (Å²) in [5.74, 6) is 0.413. The first kappa shape index (κ1) is 19.5. The number of benzene rings is 2. The van der Waals surface area contributed by atoms with E-state index in [0.717, 1.165) is 0 Å². The normalized spacial score (nSPS) is 11.6. The maximum atomic E-state index is 12.8. The third-order valence-corrected chi connectivity index (χ3v) is 5.55. The van der Waals surface area contributed by atoms with Crippen LogP contribution in [0.3, 0.4) is 0 Å². The van der Waals surface area contributed by atoms with Gasteiger partial charge >= 0.3 is 7.82 Å². The molecular weight excluding hydrogens is 393 g/mol. The zero-order valence-electron chi connectivity index (χ0n) is 14.8. The van der Waals surface area contributed by atoms with E-state index in [9.17, 15) is 9.36 Å². The SMILES string of the molecule is COc1cc2[nH]c(=O)c(-c3ccccc3)c(OP(=O)(OC)OC)c2cc1Cl. The van der Waals surface area contributed by atoms with Gasteiger partial charge in [-0.25, -0.2) is 4.57 Å². The molecule has 27 heavy (non-hydrogen) atoms. The van der Waals surface area contributed by atoms with E-state index < -0.39 is 13.4 Å². The minimum Gasteiger partial charge on any atom is -0.495 e. The number of phosphoric ester groups is 1. The largest absolute Gasteiger partial charge is 0.529 e. The van der Waals surface area contributed by atoms with Crippen molar-refractivity contribution in [3.05, 3.63) is 57.8 Å². The van der Waals surface area contributed by atoms with Crippen molar-refractivity contribution < 1.29 is 22.9 Å². The molecule has 0 unspecified atom stereocenters. The van der Waals surface area contributed by atoms with E-state index in [4.69, 9.17) is 29.9 Å². The Morgan fingerprint density at radius 2 is 1.70 bits per heavy atom. The Kier molecular flexibility index (Phi) is 5.58. The number of phosphoric acid groups is 1. The average molecular weight is 410 g/mol. The number of H-pyrrole nitrogens is 1. The van der Waals surface area contributed by atoms with Crippen LogP contribution in [0.1, 0.15) is 0 Å². The zero-order valence-corrected chi connectivity index (χ0v) is 16.5. The Morgan fingerprint density at radius 1 is 1.04 bits per heavy atom. The van der Waals surface area contributed by atoms with Crippen LogP contribution in [0.15, 0.2) is 47.3 Å². The topological polar surface area (TPSA) is 86.9 Å². The van der Waals surface area contributed by atoms with Gasteiger partial charge in [0, 0.05) is 25.7 Å². The number of methoxy groups -OCH3 is 1. The second-order valence-corrected chi connectivity index (χ2v) is 7.67. The maximum absolute atomic E-state index is 12.8. The third kappa shape index (κ3) is 3.73. The molecule has 7 nitrogen and oxygen atoms in total. The summed E-state index contributed by atoms with van der Waals surface area (Å²) in [6, 6.07) is 12.0. The molecule has 0 amide bonds. The number of aromatic nitrogens is 1. The summed E-state index contributed by atoms with van der Waals surface area (Å²) in [4.78, 5) is 15.6. The molecule has 0 aliphatic carbocycles. The molecule has 0 spiro atoms. The summed E-state index contributed by atoms with van der Waals surface area (Å²) >= 11 is 6.25. The van der Waals surface area contributed by atoms with Gasteiger partial charge in [-0.3, -0.25) is 13.8 Å². The minimum atomic E-state index is -3.94. The van der Waals surface area contributed by atoms with E-state index in [1.165, 1.54) is 21.3 Å². The smallest absolute Gasteiger partial charge is 0.495 e. The Hall–Kier alpha value is -2.31. The lowest BCUT2D eigenvalue weighted by atomic mass is 10.0. The molecule has 9 heteroatoms. The molecule has 0 atom stereocenters. The second-order valence-electron chi connectivity index (χ2n) is 5.46. The van der Waals surface area contributed by atoms with Crippen molar-refractivity contribution in [2.45, 2.75) is 0 Å². The molecular formula is C18H17ClNO6P. The maximum Gasteiger partial charge on any atom is 0.529 e. The van der Waals surface area contributed by atoms with Crippen LogP contribution in [0.5, 0.6) is 11.5 Å². The highest BCUT2D eigenvalue weighted by Gasteiger charge is 2.29. The first-order valence-electron chi connectivity index (χ1n) is 7.82. The van der Waals surface area contributed by atoms with Gasteiger partial charge in [-0.2, -0.15) is 0 Å². The molecule has 3 rings (SSSR count). The van der Waals surface area contributed by atoms with E-state index in [1.54, 1.807) is 36.4 Å². The number of fused-ring (bicyclic) bond motifs is 1. The van der Waals surface area contributed by atoms with Crippen molar-refractivity contribution in [1.82, 2.24) is 4.98 Å². The highest BCUT2D eigenvalue weighted by atomic mass is 35.5. The van der Waals surface area contributed by atoms with Gasteiger partial charge in [-0.05, 0) is 11.6 Å². The summed E-state index contributed by atoms with van der Waals surface area (Å²) in [6.07, 6.45) is 0. The molecule has 0 saturated heterocycles. The van der Waals surface area contributed by atoms with E-state index >= 15 is 0 Å². The monoisotopic (exact) mass is 409 g/mol. The molecule has 0 bridgehead atoms. The fraction of sp³-hybridized carbons (Fsp3) is 0.167. The summed E-state index contributed by atoms with van der Waals surface area (Å²) in [5, 5.41) is 0.721. The van der Waals surface area contributed by atoms with E-state index in [0.29, 0.717) is 27.2 Å². The average Bonchev–Trinajstić information content (AvgIpc) is 2.68. The van der Waals surface area contributed by atoms with Crippen LogP contribution in [0, 0.1) is 0 Å². The summed E-state index contributed by atoms with van der Waals surface area (Å²) in [7, 11) is -0.0878. The molecule has 142 valence electrons. The molecule has 1 N–H and O–H groups in total. The fourth-order valence-corrected chi connectivity index (χ4v) is 3.60. The van der Waals surface area contributed by atoms with Crippen LogP contribution in [0.25, 0.3) is 22.0 Å². The molecule has 0 aliphatic rings. The number of aromatic amines is 1. The Labute approximate surface area is 160 Å². The van der Waals surface area contributed by atoms with Crippen molar-refractivity contribution >= 4 is 30.3 Å². The molecule has 1 aromatic heterocycles. The van der Waals surface area contributed by atoms with E-state index in [-0.39, 0.29) is 11.3 Å². The van der Waals surface area contributed by atoms with Gasteiger partial charge < -0.3 is 14.2 Å². The lowest BCUT2D eigenvalue weighted by Crippen LogP contribution is -2.12. The minimum absolute atomic E-state index is 0.0385. The lowest BCUT2D eigenvalue weighted by molar-refractivity contribution is 0.212. The van der Waals surface area contributed by atoms with Crippen LogP contribution >= 0.6 is 19.4 Å². The van der Waals surface area contributed by atoms with Crippen LogP contribution in [0.2, 0.25) is 5.02 Å². The van der Waals surface area contributed by atoms with E-state index in [2.05, 4.69) is 4.98 Å². The number of ether oxygens (including phenoxy) is 1.